The highest BCUT2D eigenvalue weighted by molar-refractivity contribution is 7.54. The van der Waals surface area contributed by atoms with Crippen molar-refractivity contribution >= 4 is 24.9 Å². The van der Waals surface area contributed by atoms with Gasteiger partial charge < -0.3 is 14.4 Å². The lowest BCUT2D eigenvalue weighted by molar-refractivity contribution is 0.214. The summed E-state index contributed by atoms with van der Waals surface area (Å²) in [6.45, 7) is 4.01. The summed E-state index contributed by atoms with van der Waals surface area (Å²) >= 11 is 6.45. The Morgan fingerprint density at radius 3 is 2.26 bits per heavy atom. The molecule has 4 rings (SSSR count). The lowest BCUT2D eigenvalue weighted by atomic mass is 10.1. The molecule has 0 aliphatic carbocycles. The van der Waals surface area contributed by atoms with Crippen LogP contribution in [0.3, 0.4) is 0 Å². The number of hydrogen-bond acceptors (Lipinski definition) is 6. The quantitative estimate of drug-likeness (QED) is 0.239. The van der Waals surface area contributed by atoms with Crippen molar-refractivity contribution in [1.82, 2.24) is 14.8 Å². The summed E-state index contributed by atoms with van der Waals surface area (Å²) in [6.07, 6.45) is 5.24. The minimum atomic E-state index is -3.70. The maximum atomic E-state index is 14.2. The van der Waals surface area contributed by atoms with Crippen molar-refractivity contribution in [3.8, 4) is 16.9 Å². The summed E-state index contributed by atoms with van der Waals surface area (Å²) < 4.78 is 27.5. The number of hydrogen-bond donors (Lipinski definition) is 1. The minimum Gasteiger partial charge on any atom is -0.367 e. The molecule has 0 saturated carbocycles. The van der Waals surface area contributed by atoms with Gasteiger partial charge in [0.05, 0.1) is 35.3 Å². The zero-order chi connectivity index (χ0) is 24.0. The summed E-state index contributed by atoms with van der Waals surface area (Å²) in [5.41, 5.74) is 3.59. The van der Waals surface area contributed by atoms with Crippen LogP contribution >= 0.6 is 19.2 Å². The predicted molar refractivity (Wildman–Crippen MR) is 135 cm³/mol. The van der Waals surface area contributed by atoms with Crippen LogP contribution in [0.4, 0.5) is 5.69 Å². The maximum absolute atomic E-state index is 14.2. The molecule has 2 heterocycles. The highest BCUT2D eigenvalue weighted by Gasteiger charge is 2.40. The van der Waals surface area contributed by atoms with Gasteiger partial charge in [-0.15, -0.1) is 0 Å². The van der Waals surface area contributed by atoms with Crippen LogP contribution in [0.25, 0.3) is 16.9 Å². The maximum Gasteiger partial charge on any atom is 0.357 e. The van der Waals surface area contributed by atoms with E-state index in [1.165, 1.54) is 0 Å². The van der Waals surface area contributed by atoms with E-state index in [1.807, 2.05) is 66.9 Å². The summed E-state index contributed by atoms with van der Waals surface area (Å²) in [5.74, 6) is -0.868. The van der Waals surface area contributed by atoms with Gasteiger partial charge in [-0.1, -0.05) is 41.9 Å². The molecule has 0 saturated heterocycles. The molecule has 2 aromatic carbocycles. The molecule has 0 fully saturated rings. The van der Waals surface area contributed by atoms with Crippen LogP contribution in [0.5, 0.6) is 0 Å². The van der Waals surface area contributed by atoms with Crippen molar-refractivity contribution in [2.75, 3.05) is 18.5 Å². The van der Waals surface area contributed by atoms with Crippen LogP contribution in [-0.4, -0.2) is 28.0 Å². The highest BCUT2D eigenvalue weighted by Crippen LogP contribution is 2.62. The lowest BCUT2D eigenvalue weighted by Crippen LogP contribution is -2.16. The molecule has 176 valence electrons. The van der Waals surface area contributed by atoms with Crippen LogP contribution in [-0.2, 0) is 13.6 Å². The van der Waals surface area contributed by atoms with Gasteiger partial charge in [0.15, 0.2) is 5.78 Å². The molecule has 4 aromatic rings. The Morgan fingerprint density at radius 1 is 0.971 bits per heavy atom. The first-order chi connectivity index (χ1) is 16.6. The fraction of sp³-hybridized carbons (Fsp3) is 0.200. The Hall–Kier alpha value is -2.96. The molecule has 34 heavy (non-hydrogen) atoms. The van der Waals surface area contributed by atoms with Gasteiger partial charge in [0, 0.05) is 29.7 Å². The Morgan fingerprint density at radius 2 is 1.62 bits per heavy atom. The van der Waals surface area contributed by atoms with E-state index in [2.05, 4.69) is 10.3 Å². The van der Waals surface area contributed by atoms with Crippen LogP contribution in [0, 0.1) is 0 Å². The number of nitrogens with one attached hydrogen (secondary N) is 1. The van der Waals surface area contributed by atoms with Crippen LogP contribution in [0.1, 0.15) is 25.2 Å². The van der Waals surface area contributed by atoms with E-state index in [4.69, 9.17) is 25.7 Å². The normalized spacial score (nSPS) is 12.4. The topological polar surface area (TPSA) is 78.3 Å². The number of para-hydroxylation sites is 2. The van der Waals surface area contributed by atoms with Gasteiger partial charge in [-0.25, -0.2) is 4.68 Å². The van der Waals surface area contributed by atoms with E-state index in [-0.39, 0.29) is 13.2 Å². The molecule has 0 amide bonds. The molecule has 1 N–H and O–H groups in total. The number of nitrogens with zero attached hydrogens (tertiary/aromatic N) is 3. The highest BCUT2D eigenvalue weighted by atomic mass is 35.5. The van der Waals surface area contributed by atoms with E-state index in [9.17, 15) is 4.57 Å². The van der Waals surface area contributed by atoms with Crippen LogP contribution in [0.15, 0.2) is 85.3 Å². The molecule has 0 spiro atoms. The first-order valence-corrected chi connectivity index (χ1v) is 13.0. The molecule has 0 aliphatic rings. The third-order valence-corrected chi connectivity index (χ3v) is 7.72. The Kier molecular flexibility index (Phi) is 7.80. The van der Waals surface area contributed by atoms with Crippen molar-refractivity contribution in [2.45, 2.75) is 19.6 Å². The van der Waals surface area contributed by atoms with Crippen molar-refractivity contribution < 1.29 is 13.6 Å². The van der Waals surface area contributed by atoms with Gasteiger partial charge in [0.2, 0.25) is 0 Å². The first-order valence-electron chi connectivity index (χ1n) is 11.0. The molecule has 1 unspecified atom stereocenters. The van der Waals surface area contributed by atoms with Gasteiger partial charge in [-0.2, -0.15) is 5.10 Å². The molecule has 1 atom stereocenters. The van der Waals surface area contributed by atoms with Gasteiger partial charge in [0.1, 0.15) is 0 Å². The predicted octanol–water partition coefficient (Wildman–Crippen LogP) is 6.96. The molecule has 7 nitrogen and oxygen atoms in total. The molecule has 9 heteroatoms. The van der Waals surface area contributed by atoms with Crippen molar-refractivity contribution in [2.24, 2.45) is 0 Å². The van der Waals surface area contributed by atoms with E-state index in [0.29, 0.717) is 22.0 Å². The largest absolute Gasteiger partial charge is 0.367 e. The second kappa shape index (κ2) is 11.0. The Balaban J connectivity index is 1.93. The number of aromatic nitrogens is 3. The Bertz CT molecular complexity index is 1260. The van der Waals surface area contributed by atoms with Gasteiger partial charge >= 0.3 is 7.60 Å². The lowest BCUT2D eigenvalue weighted by Gasteiger charge is -2.28. The minimum absolute atomic E-state index is 0.218. The fourth-order valence-corrected chi connectivity index (χ4v) is 5.74. The van der Waals surface area contributed by atoms with Crippen molar-refractivity contribution in [3.63, 3.8) is 0 Å². The van der Waals surface area contributed by atoms with Gasteiger partial charge in [-0.05, 0) is 50.2 Å². The SMILES string of the molecule is CCOP(=O)(OCC)C(Nc1ccccc1Cl)c1cn(-c2ccccc2)nc1-c1ccncc1. The number of pyridine rings is 1. The second-order valence-electron chi connectivity index (χ2n) is 7.35. The number of benzene rings is 2. The number of rotatable bonds is 10. The van der Waals surface area contributed by atoms with Gasteiger partial charge in [-0.3, -0.25) is 9.55 Å². The van der Waals surface area contributed by atoms with E-state index >= 15 is 0 Å². The molecule has 0 bridgehead atoms. The summed E-state index contributed by atoms with van der Waals surface area (Å²) in [4.78, 5) is 4.13. The summed E-state index contributed by atoms with van der Waals surface area (Å²) in [6, 6.07) is 20.7. The fourth-order valence-electron chi connectivity index (χ4n) is 3.63. The average Bonchev–Trinajstić information content (AvgIpc) is 3.30. The standard InChI is InChI=1S/C25H26ClN4O3P/c1-3-32-34(31,33-4-2)25(28-23-13-9-8-12-22(23)26)21-18-30(20-10-6-5-7-11-20)29-24(21)19-14-16-27-17-15-19/h5-18,25,28H,3-4H2,1-2H3. The summed E-state index contributed by atoms with van der Waals surface area (Å²) in [5, 5.41) is 8.68. The number of anilines is 1. The molecule has 0 radical (unpaired) electrons. The van der Waals surface area contributed by atoms with E-state index in [0.717, 1.165) is 11.3 Å². The average molecular weight is 497 g/mol. The van der Waals surface area contributed by atoms with Gasteiger partial charge in [0.25, 0.3) is 0 Å². The van der Waals surface area contributed by atoms with Crippen LogP contribution < -0.4 is 5.32 Å². The second-order valence-corrected chi connectivity index (χ2v) is 9.87. The molecular weight excluding hydrogens is 471 g/mol. The summed E-state index contributed by atoms with van der Waals surface area (Å²) in [7, 11) is -3.70. The monoisotopic (exact) mass is 496 g/mol. The van der Waals surface area contributed by atoms with Crippen molar-refractivity contribution in [3.05, 3.63) is 95.9 Å². The zero-order valence-corrected chi connectivity index (χ0v) is 20.6. The zero-order valence-electron chi connectivity index (χ0n) is 19.0. The third kappa shape index (κ3) is 5.24. The number of halogens is 1. The third-order valence-electron chi connectivity index (χ3n) is 5.11. The molecular formula is C25H26ClN4O3P. The molecule has 0 aliphatic heterocycles. The van der Waals surface area contributed by atoms with Crippen LogP contribution in [0.2, 0.25) is 5.02 Å². The van der Waals surface area contributed by atoms with E-state index in [1.54, 1.807) is 37.0 Å². The smallest absolute Gasteiger partial charge is 0.357 e. The molecule has 2 aromatic heterocycles. The van der Waals surface area contributed by atoms with E-state index < -0.39 is 13.4 Å². The first kappa shape index (κ1) is 24.2. The van der Waals surface area contributed by atoms with Crippen molar-refractivity contribution in [1.29, 1.82) is 0 Å². The Labute approximate surface area is 204 Å².